The summed E-state index contributed by atoms with van der Waals surface area (Å²) in [6.07, 6.45) is 0.681. The second kappa shape index (κ2) is 5.83. The fourth-order valence-electron chi connectivity index (χ4n) is 1.76. The molecule has 0 aliphatic rings. The van der Waals surface area contributed by atoms with Gasteiger partial charge in [-0.25, -0.2) is 0 Å². The molecular weight excluding hydrogens is 280 g/mol. The Balaban J connectivity index is 2.21. The van der Waals surface area contributed by atoms with Gasteiger partial charge in [-0.2, -0.15) is 5.10 Å². The van der Waals surface area contributed by atoms with Gasteiger partial charge in [-0.1, -0.05) is 18.5 Å². The lowest BCUT2D eigenvalue weighted by molar-refractivity contribution is 0.102. The molecule has 7 heteroatoms. The van der Waals surface area contributed by atoms with Crippen LogP contribution in [0.3, 0.4) is 0 Å². The summed E-state index contributed by atoms with van der Waals surface area (Å²) in [7, 11) is 1.51. The predicted octanol–water partition coefficient (Wildman–Crippen LogP) is 2.47. The van der Waals surface area contributed by atoms with Crippen molar-refractivity contribution in [3.05, 3.63) is 34.6 Å². The quantitative estimate of drug-likeness (QED) is 0.807. The highest BCUT2D eigenvalue weighted by molar-refractivity contribution is 6.32. The molecular formula is C13H15ClN4O2. The third-order valence-corrected chi connectivity index (χ3v) is 3.17. The summed E-state index contributed by atoms with van der Waals surface area (Å²) in [5.41, 5.74) is 7.68. The highest BCUT2D eigenvalue weighted by atomic mass is 35.5. The van der Waals surface area contributed by atoms with Crippen LogP contribution in [0.25, 0.3) is 0 Å². The van der Waals surface area contributed by atoms with Crippen molar-refractivity contribution in [3.8, 4) is 5.75 Å². The van der Waals surface area contributed by atoms with E-state index in [4.69, 9.17) is 22.1 Å². The Morgan fingerprint density at radius 2 is 2.30 bits per heavy atom. The Bertz CT molecular complexity index is 639. The molecule has 2 aromatic rings. The number of halogens is 1. The van der Waals surface area contributed by atoms with Crippen molar-refractivity contribution in [2.75, 3.05) is 18.2 Å². The number of aromatic amines is 1. The zero-order valence-electron chi connectivity index (χ0n) is 11.2. The molecule has 6 nitrogen and oxygen atoms in total. The van der Waals surface area contributed by atoms with Crippen molar-refractivity contribution in [3.63, 3.8) is 0 Å². The molecule has 0 atom stereocenters. The molecule has 0 saturated carbocycles. The fraction of sp³-hybridized carbons (Fsp3) is 0.231. The van der Waals surface area contributed by atoms with Crippen LogP contribution in [0.2, 0.25) is 5.02 Å². The van der Waals surface area contributed by atoms with Crippen LogP contribution < -0.4 is 15.8 Å². The van der Waals surface area contributed by atoms with Crippen LogP contribution in [-0.2, 0) is 6.42 Å². The van der Waals surface area contributed by atoms with E-state index in [1.165, 1.54) is 7.11 Å². The molecule has 106 valence electrons. The standard InChI is InChI=1S/C13H15ClN4O2/c1-3-9-11(15)12(18-17-9)13(19)16-7-4-5-8(14)10(6-7)20-2/h4-6H,3,15H2,1-2H3,(H,16,19)(H,17,18). The minimum Gasteiger partial charge on any atom is -0.495 e. The molecule has 0 saturated heterocycles. The van der Waals surface area contributed by atoms with Crippen molar-refractivity contribution >= 4 is 28.9 Å². The van der Waals surface area contributed by atoms with Crippen molar-refractivity contribution in [2.24, 2.45) is 0 Å². The molecule has 1 heterocycles. The summed E-state index contributed by atoms with van der Waals surface area (Å²) in [6.45, 7) is 1.93. The number of hydrogen-bond acceptors (Lipinski definition) is 4. The highest BCUT2D eigenvalue weighted by Crippen LogP contribution is 2.27. The zero-order chi connectivity index (χ0) is 14.7. The maximum absolute atomic E-state index is 12.1. The first-order chi connectivity index (χ1) is 9.56. The lowest BCUT2D eigenvalue weighted by Crippen LogP contribution is -2.14. The van der Waals surface area contributed by atoms with Crippen LogP contribution in [0.1, 0.15) is 23.1 Å². The summed E-state index contributed by atoms with van der Waals surface area (Å²) < 4.78 is 5.09. The van der Waals surface area contributed by atoms with Gasteiger partial charge in [-0.15, -0.1) is 0 Å². The smallest absolute Gasteiger partial charge is 0.278 e. The summed E-state index contributed by atoms with van der Waals surface area (Å²) in [4.78, 5) is 12.1. The monoisotopic (exact) mass is 294 g/mol. The molecule has 0 aliphatic heterocycles. The van der Waals surface area contributed by atoms with Crippen LogP contribution in [0, 0.1) is 0 Å². The number of H-pyrrole nitrogens is 1. The third-order valence-electron chi connectivity index (χ3n) is 2.86. The lowest BCUT2D eigenvalue weighted by Gasteiger charge is -2.07. The number of nitrogen functional groups attached to an aromatic ring is 1. The van der Waals surface area contributed by atoms with Gasteiger partial charge >= 0.3 is 0 Å². The molecule has 1 amide bonds. The maximum Gasteiger partial charge on any atom is 0.278 e. The Morgan fingerprint density at radius 3 is 2.90 bits per heavy atom. The zero-order valence-corrected chi connectivity index (χ0v) is 11.9. The number of nitrogens with one attached hydrogen (secondary N) is 2. The predicted molar refractivity (Wildman–Crippen MR) is 78.3 cm³/mol. The Labute approximate surface area is 121 Å². The Kier molecular flexibility index (Phi) is 4.14. The van der Waals surface area contributed by atoms with Gasteiger partial charge in [-0.3, -0.25) is 9.89 Å². The average molecular weight is 295 g/mol. The number of aryl methyl sites for hydroxylation is 1. The van der Waals surface area contributed by atoms with Gasteiger partial charge in [0.15, 0.2) is 5.69 Å². The van der Waals surface area contributed by atoms with Gasteiger partial charge < -0.3 is 15.8 Å². The minimum atomic E-state index is -0.386. The number of nitrogens with zero attached hydrogens (tertiary/aromatic N) is 1. The van der Waals surface area contributed by atoms with Crippen LogP contribution >= 0.6 is 11.6 Å². The molecule has 20 heavy (non-hydrogen) atoms. The van der Waals surface area contributed by atoms with Crippen molar-refractivity contribution in [1.29, 1.82) is 0 Å². The maximum atomic E-state index is 12.1. The van der Waals surface area contributed by atoms with E-state index in [0.717, 1.165) is 5.69 Å². The number of ether oxygens (including phenoxy) is 1. The summed E-state index contributed by atoms with van der Waals surface area (Å²) in [5, 5.41) is 9.83. The number of amides is 1. The number of hydrogen-bond donors (Lipinski definition) is 3. The van der Waals surface area contributed by atoms with Crippen LogP contribution in [0.5, 0.6) is 5.75 Å². The van der Waals surface area contributed by atoms with E-state index >= 15 is 0 Å². The molecule has 1 aromatic heterocycles. The van der Waals surface area contributed by atoms with Gasteiger partial charge in [0, 0.05) is 11.8 Å². The van der Waals surface area contributed by atoms with E-state index in [-0.39, 0.29) is 11.6 Å². The fourth-order valence-corrected chi connectivity index (χ4v) is 1.95. The normalized spacial score (nSPS) is 10.3. The van der Waals surface area contributed by atoms with E-state index < -0.39 is 0 Å². The van der Waals surface area contributed by atoms with E-state index in [1.54, 1.807) is 18.2 Å². The van der Waals surface area contributed by atoms with E-state index in [2.05, 4.69) is 15.5 Å². The van der Waals surface area contributed by atoms with Gasteiger partial charge in [0.25, 0.3) is 5.91 Å². The van der Waals surface area contributed by atoms with E-state index in [0.29, 0.717) is 28.6 Å². The summed E-state index contributed by atoms with van der Waals surface area (Å²) in [5.74, 6) is 0.0940. The van der Waals surface area contributed by atoms with Crippen molar-refractivity contribution in [2.45, 2.75) is 13.3 Å². The van der Waals surface area contributed by atoms with E-state index in [9.17, 15) is 4.79 Å². The third kappa shape index (κ3) is 2.70. The van der Waals surface area contributed by atoms with Crippen molar-refractivity contribution in [1.82, 2.24) is 10.2 Å². The second-order valence-electron chi connectivity index (χ2n) is 4.12. The molecule has 0 bridgehead atoms. The SMILES string of the molecule is CCc1[nH]nc(C(=O)Nc2ccc(Cl)c(OC)c2)c1N. The van der Waals surface area contributed by atoms with Crippen molar-refractivity contribution < 1.29 is 9.53 Å². The Morgan fingerprint density at radius 1 is 1.55 bits per heavy atom. The molecule has 0 radical (unpaired) electrons. The second-order valence-corrected chi connectivity index (χ2v) is 4.53. The molecule has 0 unspecified atom stereocenters. The van der Waals surface area contributed by atoms with Crippen LogP contribution in [0.4, 0.5) is 11.4 Å². The summed E-state index contributed by atoms with van der Waals surface area (Å²) in [6, 6.07) is 4.94. The molecule has 4 N–H and O–H groups in total. The highest BCUT2D eigenvalue weighted by Gasteiger charge is 2.17. The Hall–Kier alpha value is -2.21. The van der Waals surface area contributed by atoms with Gasteiger partial charge in [0.05, 0.1) is 23.5 Å². The molecule has 0 aliphatic carbocycles. The summed E-state index contributed by atoms with van der Waals surface area (Å²) >= 11 is 5.92. The number of aromatic nitrogens is 2. The first-order valence-electron chi connectivity index (χ1n) is 6.04. The molecule has 1 aromatic carbocycles. The largest absolute Gasteiger partial charge is 0.495 e. The first-order valence-corrected chi connectivity index (χ1v) is 6.42. The number of benzene rings is 1. The number of nitrogens with two attached hydrogens (primary N) is 1. The van der Waals surface area contributed by atoms with Crippen LogP contribution in [-0.4, -0.2) is 23.2 Å². The average Bonchev–Trinajstić information content (AvgIpc) is 2.82. The molecule has 0 spiro atoms. The number of anilines is 2. The van der Waals surface area contributed by atoms with Gasteiger partial charge in [0.2, 0.25) is 0 Å². The van der Waals surface area contributed by atoms with Crippen LogP contribution in [0.15, 0.2) is 18.2 Å². The number of rotatable bonds is 4. The molecule has 0 fully saturated rings. The lowest BCUT2D eigenvalue weighted by atomic mass is 10.2. The minimum absolute atomic E-state index is 0.177. The molecule has 2 rings (SSSR count). The topological polar surface area (TPSA) is 93.0 Å². The number of carbonyl (C=O) groups is 1. The van der Waals surface area contributed by atoms with E-state index in [1.807, 2.05) is 6.92 Å². The van der Waals surface area contributed by atoms with Gasteiger partial charge in [-0.05, 0) is 18.6 Å². The number of carbonyl (C=O) groups excluding carboxylic acids is 1. The first kappa shape index (κ1) is 14.2. The number of methoxy groups -OCH3 is 1. The van der Waals surface area contributed by atoms with Gasteiger partial charge in [0.1, 0.15) is 5.75 Å².